The summed E-state index contributed by atoms with van der Waals surface area (Å²) >= 11 is 0. The van der Waals surface area contributed by atoms with Crippen LogP contribution in [0.15, 0.2) is 42.9 Å². The van der Waals surface area contributed by atoms with Gasteiger partial charge in [-0.3, -0.25) is 14.3 Å². The number of amides is 1. The molecule has 0 saturated heterocycles. The molecule has 0 saturated carbocycles. The van der Waals surface area contributed by atoms with Crippen molar-refractivity contribution in [1.29, 1.82) is 0 Å². The fourth-order valence-electron chi connectivity index (χ4n) is 2.39. The number of aromatic nitrogens is 4. The van der Waals surface area contributed by atoms with Gasteiger partial charge in [-0.25, -0.2) is 4.98 Å². The number of hydrogen-bond donors (Lipinski definition) is 1. The van der Waals surface area contributed by atoms with Crippen LogP contribution < -0.4 is 5.32 Å². The SMILES string of the molecule is CC(=O)c1cc(C(=O)Nc2cccc(-c3ncn(C)n3)c2)n(C)c1. The van der Waals surface area contributed by atoms with Gasteiger partial charge in [0.2, 0.25) is 0 Å². The van der Waals surface area contributed by atoms with E-state index >= 15 is 0 Å². The number of carbonyl (C=O) groups is 2. The van der Waals surface area contributed by atoms with Gasteiger partial charge < -0.3 is 9.88 Å². The van der Waals surface area contributed by atoms with Crippen LogP contribution in [0.5, 0.6) is 0 Å². The van der Waals surface area contributed by atoms with Gasteiger partial charge in [0, 0.05) is 37.1 Å². The zero-order valence-corrected chi connectivity index (χ0v) is 13.6. The van der Waals surface area contributed by atoms with Crippen molar-refractivity contribution in [1.82, 2.24) is 19.3 Å². The van der Waals surface area contributed by atoms with E-state index in [9.17, 15) is 9.59 Å². The van der Waals surface area contributed by atoms with Gasteiger partial charge in [-0.1, -0.05) is 12.1 Å². The lowest BCUT2D eigenvalue weighted by atomic mass is 10.2. The van der Waals surface area contributed by atoms with Crippen LogP contribution in [0, 0.1) is 0 Å². The molecule has 2 aromatic heterocycles. The van der Waals surface area contributed by atoms with Crippen molar-refractivity contribution in [2.45, 2.75) is 6.92 Å². The zero-order chi connectivity index (χ0) is 17.3. The smallest absolute Gasteiger partial charge is 0.272 e. The van der Waals surface area contributed by atoms with Crippen molar-refractivity contribution in [2.75, 3.05) is 5.32 Å². The highest BCUT2D eigenvalue weighted by molar-refractivity contribution is 6.05. The highest BCUT2D eigenvalue weighted by Crippen LogP contribution is 2.20. The molecular formula is C17H17N5O2. The van der Waals surface area contributed by atoms with Crippen LogP contribution in [0.2, 0.25) is 0 Å². The van der Waals surface area contributed by atoms with E-state index in [2.05, 4.69) is 15.4 Å². The topological polar surface area (TPSA) is 81.8 Å². The Morgan fingerprint density at radius 1 is 1.17 bits per heavy atom. The second-order valence-corrected chi connectivity index (χ2v) is 5.56. The molecule has 0 fully saturated rings. The fraction of sp³-hybridized carbons (Fsp3) is 0.176. The molecule has 1 aromatic carbocycles. The maximum atomic E-state index is 12.4. The van der Waals surface area contributed by atoms with E-state index in [4.69, 9.17) is 0 Å². The third-order valence-corrected chi connectivity index (χ3v) is 3.62. The molecule has 3 aromatic rings. The minimum absolute atomic E-state index is 0.0760. The van der Waals surface area contributed by atoms with Crippen molar-refractivity contribution in [3.05, 3.63) is 54.1 Å². The Bertz CT molecular complexity index is 923. The van der Waals surface area contributed by atoms with Gasteiger partial charge in [-0.05, 0) is 25.1 Å². The number of benzene rings is 1. The first-order valence-electron chi connectivity index (χ1n) is 7.39. The van der Waals surface area contributed by atoms with Crippen LogP contribution in [0.4, 0.5) is 5.69 Å². The molecule has 24 heavy (non-hydrogen) atoms. The molecule has 0 spiro atoms. The van der Waals surface area contributed by atoms with Gasteiger partial charge in [0.1, 0.15) is 12.0 Å². The lowest BCUT2D eigenvalue weighted by molar-refractivity contribution is 0.101. The third kappa shape index (κ3) is 3.10. The first-order chi connectivity index (χ1) is 11.4. The Labute approximate surface area is 138 Å². The summed E-state index contributed by atoms with van der Waals surface area (Å²) in [5.74, 6) is 0.232. The third-order valence-electron chi connectivity index (χ3n) is 3.62. The van der Waals surface area contributed by atoms with Crippen molar-refractivity contribution in [2.24, 2.45) is 14.1 Å². The van der Waals surface area contributed by atoms with E-state index in [0.717, 1.165) is 5.56 Å². The van der Waals surface area contributed by atoms with E-state index in [0.29, 0.717) is 22.8 Å². The zero-order valence-electron chi connectivity index (χ0n) is 13.6. The minimum Gasteiger partial charge on any atom is -0.346 e. The summed E-state index contributed by atoms with van der Waals surface area (Å²) in [5, 5.41) is 7.08. The van der Waals surface area contributed by atoms with Crippen molar-refractivity contribution >= 4 is 17.4 Å². The Morgan fingerprint density at radius 3 is 2.58 bits per heavy atom. The van der Waals surface area contributed by atoms with Crippen LogP contribution in [0.1, 0.15) is 27.8 Å². The summed E-state index contributed by atoms with van der Waals surface area (Å²) < 4.78 is 3.25. The standard InChI is InChI=1S/C17H17N5O2/c1-11(23)13-8-15(21(2)9-13)17(24)19-14-6-4-5-12(7-14)16-18-10-22(3)20-16/h4-10H,1-3H3,(H,19,24). The molecule has 122 valence electrons. The summed E-state index contributed by atoms with van der Waals surface area (Å²) in [6.07, 6.45) is 3.26. The maximum absolute atomic E-state index is 12.4. The number of ketones is 1. The molecule has 7 nitrogen and oxygen atoms in total. The highest BCUT2D eigenvalue weighted by Gasteiger charge is 2.14. The lowest BCUT2D eigenvalue weighted by Crippen LogP contribution is -2.15. The average molecular weight is 323 g/mol. The van der Waals surface area contributed by atoms with Crippen LogP contribution in [0.3, 0.4) is 0 Å². The monoisotopic (exact) mass is 323 g/mol. The van der Waals surface area contributed by atoms with E-state index in [1.54, 1.807) is 48.0 Å². The summed E-state index contributed by atoms with van der Waals surface area (Å²) in [6.45, 7) is 1.47. The average Bonchev–Trinajstić information content (AvgIpc) is 3.13. The Balaban J connectivity index is 1.83. The van der Waals surface area contributed by atoms with E-state index in [-0.39, 0.29) is 11.7 Å². The van der Waals surface area contributed by atoms with Crippen molar-refractivity contribution < 1.29 is 9.59 Å². The van der Waals surface area contributed by atoms with Crippen molar-refractivity contribution in [3.8, 4) is 11.4 Å². The molecule has 1 amide bonds. The summed E-state index contributed by atoms with van der Waals surface area (Å²) in [5.41, 5.74) is 2.37. The Morgan fingerprint density at radius 2 is 1.96 bits per heavy atom. The Hall–Kier alpha value is -3.22. The van der Waals surface area contributed by atoms with E-state index < -0.39 is 0 Å². The van der Waals surface area contributed by atoms with Gasteiger partial charge in [0.15, 0.2) is 11.6 Å². The molecule has 0 aliphatic heterocycles. The van der Waals surface area contributed by atoms with Gasteiger partial charge in [-0.2, -0.15) is 5.10 Å². The van der Waals surface area contributed by atoms with Gasteiger partial charge in [-0.15, -0.1) is 0 Å². The molecule has 3 rings (SSSR count). The molecule has 1 N–H and O–H groups in total. The number of rotatable bonds is 4. The first-order valence-corrected chi connectivity index (χ1v) is 7.39. The number of Topliss-reactive ketones (excluding diaryl/α,β-unsaturated/α-hetero) is 1. The predicted octanol–water partition coefficient (Wildman–Crippen LogP) is 2.28. The number of hydrogen-bond acceptors (Lipinski definition) is 4. The second-order valence-electron chi connectivity index (χ2n) is 5.56. The molecule has 0 bridgehead atoms. The molecule has 2 heterocycles. The minimum atomic E-state index is -0.281. The van der Waals surface area contributed by atoms with E-state index in [1.165, 1.54) is 6.92 Å². The lowest BCUT2D eigenvalue weighted by Gasteiger charge is -2.07. The van der Waals surface area contributed by atoms with Gasteiger partial charge in [0.05, 0.1) is 0 Å². The molecule has 0 aliphatic rings. The molecule has 0 unspecified atom stereocenters. The maximum Gasteiger partial charge on any atom is 0.272 e. The van der Waals surface area contributed by atoms with Crippen LogP contribution >= 0.6 is 0 Å². The quantitative estimate of drug-likeness (QED) is 0.747. The van der Waals surface area contributed by atoms with Crippen LogP contribution in [0.25, 0.3) is 11.4 Å². The number of nitrogens with zero attached hydrogens (tertiary/aromatic N) is 4. The normalized spacial score (nSPS) is 10.6. The first kappa shape index (κ1) is 15.7. The highest BCUT2D eigenvalue weighted by atomic mass is 16.2. The second kappa shape index (κ2) is 6.11. The Kier molecular flexibility index (Phi) is 3.99. The number of carbonyl (C=O) groups excluding carboxylic acids is 2. The summed E-state index contributed by atoms with van der Waals surface area (Å²) in [4.78, 5) is 28.1. The van der Waals surface area contributed by atoms with E-state index in [1.807, 2.05) is 18.2 Å². The summed E-state index contributed by atoms with van der Waals surface area (Å²) in [7, 11) is 3.53. The number of anilines is 1. The van der Waals surface area contributed by atoms with Crippen LogP contribution in [-0.4, -0.2) is 31.0 Å². The van der Waals surface area contributed by atoms with Crippen LogP contribution in [-0.2, 0) is 14.1 Å². The molecule has 0 radical (unpaired) electrons. The largest absolute Gasteiger partial charge is 0.346 e. The van der Waals surface area contributed by atoms with Gasteiger partial charge >= 0.3 is 0 Å². The molecule has 0 aliphatic carbocycles. The number of aryl methyl sites for hydroxylation is 2. The predicted molar refractivity (Wildman–Crippen MR) is 89.8 cm³/mol. The number of nitrogens with one attached hydrogen (secondary N) is 1. The summed E-state index contributed by atoms with van der Waals surface area (Å²) in [6, 6.07) is 8.89. The van der Waals surface area contributed by atoms with Gasteiger partial charge in [0.25, 0.3) is 5.91 Å². The molecule has 0 atom stereocenters. The van der Waals surface area contributed by atoms with Crippen molar-refractivity contribution in [3.63, 3.8) is 0 Å². The fourth-order valence-corrected chi connectivity index (χ4v) is 2.39. The molecular weight excluding hydrogens is 306 g/mol. The molecule has 7 heteroatoms.